The summed E-state index contributed by atoms with van der Waals surface area (Å²) < 4.78 is 5.65. The average molecular weight is 408 g/mol. The summed E-state index contributed by atoms with van der Waals surface area (Å²) in [5.41, 5.74) is 1.66. The third-order valence-electron chi connectivity index (χ3n) is 4.10. The van der Waals surface area contributed by atoms with Crippen LogP contribution in [0.1, 0.15) is 11.3 Å². The minimum atomic E-state index is -0.562. The summed E-state index contributed by atoms with van der Waals surface area (Å²) in [5.74, 6) is 0.0618. The largest absolute Gasteiger partial charge is 0.457 e. The van der Waals surface area contributed by atoms with Crippen LogP contribution in [0.4, 0.5) is 11.4 Å². The first-order valence-electron chi connectivity index (χ1n) is 8.42. The average Bonchev–Trinajstić information content (AvgIpc) is 3.16. The third kappa shape index (κ3) is 4.51. The molecular formula is C21H14ClN3O4. The minimum absolute atomic E-state index is 0.134. The highest BCUT2D eigenvalue weighted by Gasteiger charge is 2.15. The minimum Gasteiger partial charge on any atom is -0.457 e. The van der Waals surface area contributed by atoms with Gasteiger partial charge < -0.3 is 9.73 Å². The number of nitriles is 1. The third-order valence-corrected chi connectivity index (χ3v) is 4.41. The maximum atomic E-state index is 12.4. The van der Waals surface area contributed by atoms with Gasteiger partial charge >= 0.3 is 0 Å². The molecule has 0 aliphatic rings. The van der Waals surface area contributed by atoms with Crippen LogP contribution in [0.3, 0.4) is 0 Å². The number of hydrogen-bond donors (Lipinski definition) is 1. The van der Waals surface area contributed by atoms with Crippen molar-refractivity contribution < 1.29 is 14.1 Å². The van der Waals surface area contributed by atoms with E-state index in [0.717, 1.165) is 5.56 Å². The number of carbonyl (C=O) groups is 1. The van der Waals surface area contributed by atoms with E-state index in [1.807, 2.05) is 25.1 Å². The first-order valence-corrected chi connectivity index (χ1v) is 8.80. The molecule has 0 spiro atoms. The number of halogens is 1. The molecule has 0 saturated carbocycles. The lowest BCUT2D eigenvalue weighted by Gasteiger charge is -2.06. The fourth-order valence-electron chi connectivity index (χ4n) is 2.59. The first kappa shape index (κ1) is 19.9. The zero-order valence-electron chi connectivity index (χ0n) is 15.2. The van der Waals surface area contributed by atoms with Crippen LogP contribution in [-0.4, -0.2) is 10.8 Å². The first-order chi connectivity index (χ1) is 13.9. The Morgan fingerprint density at radius 2 is 2.00 bits per heavy atom. The van der Waals surface area contributed by atoms with Gasteiger partial charge in [-0.05, 0) is 36.8 Å². The molecule has 2 aromatic carbocycles. The lowest BCUT2D eigenvalue weighted by molar-refractivity contribution is -0.384. The quantitative estimate of drug-likeness (QED) is 0.265. The normalized spacial score (nSPS) is 11.0. The molecule has 0 radical (unpaired) electrons. The molecule has 1 aromatic heterocycles. The summed E-state index contributed by atoms with van der Waals surface area (Å²) in [6.45, 7) is 1.85. The summed E-state index contributed by atoms with van der Waals surface area (Å²) in [5, 5.41) is 23.0. The van der Waals surface area contributed by atoms with Gasteiger partial charge in [0.25, 0.3) is 11.6 Å². The van der Waals surface area contributed by atoms with Crippen molar-refractivity contribution in [1.82, 2.24) is 0 Å². The van der Waals surface area contributed by atoms with Crippen molar-refractivity contribution >= 4 is 35.0 Å². The molecule has 0 aliphatic carbocycles. The van der Waals surface area contributed by atoms with E-state index in [1.165, 1.54) is 24.3 Å². The molecule has 0 bridgehead atoms. The molecule has 0 atom stereocenters. The van der Waals surface area contributed by atoms with E-state index >= 15 is 0 Å². The summed E-state index contributed by atoms with van der Waals surface area (Å²) in [7, 11) is 0. The van der Waals surface area contributed by atoms with Gasteiger partial charge in [-0.25, -0.2) is 0 Å². The highest BCUT2D eigenvalue weighted by atomic mass is 35.5. The van der Waals surface area contributed by atoms with E-state index in [1.54, 1.807) is 24.3 Å². The molecule has 3 aromatic rings. The number of anilines is 1. The number of amides is 1. The molecule has 7 nitrogen and oxygen atoms in total. The van der Waals surface area contributed by atoms with E-state index in [2.05, 4.69) is 5.32 Å². The van der Waals surface area contributed by atoms with Crippen molar-refractivity contribution in [3.8, 4) is 17.4 Å². The van der Waals surface area contributed by atoms with Crippen molar-refractivity contribution in [2.45, 2.75) is 6.92 Å². The number of para-hydroxylation sites is 1. The van der Waals surface area contributed by atoms with Crippen LogP contribution < -0.4 is 5.32 Å². The molecule has 0 saturated heterocycles. The number of non-ortho nitro benzene ring substituents is 1. The SMILES string of the molecule is Cc1ccccc1NC(=O)/C(C#N)=C\c1ccc(-c2ccc([N+](=O)[O-])cc2Cl)o1. The van der Waals surface area contributed by atoms with Gasteiger partial charge in [-0.3, -0.25) is 14.9 Å². The zero-order valence-corrected chi connectivity index (χ0v) is 15.9. The van der Waals surface area contributed by atoms with Crippen LogP contribution in [0, 0.1) is 28.4 Å². The van der Waals surface area contributed by atoms with Gasteiger partial charge in [-0.2, -0.15) is 5.26 Å². The van der Waals surface area contributed by atoms with Gasteiger partial charge in [0.2, 0.25) is 0 Å². The van der Waals surface area contributed by atoms with E-state index in [-0.39, 0.29) is 22.0 Å². The second-order valence-corrected chi connectivity index (χ2v) is 6.47. The number of furan rings is 1. The smallest absolute Gasteiger partial charge is 0.270 e. The molecule has 0 aliphatic heterocycles. The zero-order chi connectivity index (χ0) is 21.0. The summed E-state index contributed by atoms with van der Waals surface area (Å²) in [6, 6.07) is 16.3. The van der Waals surface area contributed by atoms with Gasteiger partial charge in [0.1, 0.15) is 23.2 Å². The van der Waals surface area contributed by atoms with Gasteiger partial charge in [0, 0.05) is 29.5 Å². The molecule has 0 unspecified atom stereocenters. The highest BCUT2D eigenvalue weighted by Crippen LogP contribution is 2.32. The van der Waals surface area contributed by atoms with E-state index in [4.69, 9.17) is 16.0 Å². The summed E-state index contributed by atoms with van der Waals surface area (Å²) >= 11 is 6.11. The Hall–Kier alpha value is -3.89. The summed E-state index contributed by atoms with van der Waals surface area (Å²) in [4.78, 5) is 22.7. The predicted octanol–water partition coefficient (Wildman–Crippen LogP) is 5.36. The van der Waals surface area contributed by atoms with Crippen LogP contribution >= 0.6 is 11.6 Å². The molecule has 1 N–H and O–H groups in total. The maximum Gasteiger partial charge on any atom is 0.270 e. The molecule has 29 heavy (non-hydrogen) atoms. The fraction of sp³-hybridized carbons (Fsp3) is 0.0476. The van der Waals surface area contributed by atoms with Crippen molar-refractivity contribution in [2.24, 2.45) is 0 Å². The van der Waals surface area contributed by atoms with Gasteiger partial charge in [-0.15, -0.1) is 0 Å². The Bertz CT molecular complexity index is 1170. The summed E-state index contributed by atoms with van der Waals surface area (Å²) in [6.07, 6.45) is 1.32. The number of nitro benzene ring substituents is 1. The fourth-order valence-corrected chi connectivity index (χ4v) is 2.85. The van der Waals surface area contributed by atoms with E-state index < -0.39 is 10.8 Å². The Morgan fingerprint density at radius 1 is 1.24 bits per heavy atom. The van der Waals surface area contributed by atoms with Crippen LogP contribution in [-0.2, 0) is 4.79 Å². The predicted molar refractivity (Wildman–Crippen MR) is 109 cm³/mol. The molecule has 1 heterocycles. The number of aryl methyl sites for hydroxylation is 1. The number of carbonyl (C=O) groups excluding carboxylic acids is 1. The monoisotopic (exact) mass is 407 g/mol. The maximum absolute atomic E-state index is 12.4. The Kier molecular flexibility index (Phi) is 5.77. The lowest BCUT2D eigenvalue weighted by atomic mass is 10.1. The van der Waals surface area contributed by atoms with Crippen molar-refractivity contribution in [1.29, 1.82) is 5.26 Å². The van der Waals surface area contributed by atoms with Gasteiger partial charge in [0.15, 0.2) is 0 Å². The van der Waals surface area contributed by atoms with Crippen molar-refractivity contribution in [2.75, 3.05) is 5.32 Å². The molecule has 3 rings (SSSR count). The van der Waals surface area contributed by atoms with Gasteiger partial charge in [0.05, 0.1) is 9.95 Å². The Balaban J connectivity index is 1.84. The van der Waals surface area contributed by atoms with Crippen LogP contribution in [0.2, 0.25) is 5.02 Å². The van der Waals surface area contributed by atoms with Crippen LogP contribution in [0.5, 0.6) is 0 Å². The van der Waals surface area contributed by atoms with Crippen LogP contribution in [0.25, 0.3) is 17.4 Å². The standard InChI is InChI=1S/C21H14ClN3O4/c1-13-4-2-3-5-19(13)24-21(26)14(12-23)10-16-7-9-20(29-16)17-8-6-15(25(27)28)11-18(17)22/h2-11H,1H3,(H,24,26)/b14-10-. The molecule has 8 heteroatoms. The number of hydrogen-bond acceptors (Lipinski definition) is 5. The van der Waals surface area contributed by atoms with E-state index in [0.29, 0.717) is 17.0 Å². The number of nitrogens with one attached hydrogen (secondary N) is 1. The Labute approximate surface area is 171 Å². The van der Waals surface area contributed by atoms with Gasteiger partial charge in [-0.1, -0.05) is 29.8 Å². The van der Waals surface area contributed by atoms with Crippen molar-refractivity contribution in [3.05, 3.63) is 86.6 Å². The van der Waals surface area contributed by atoms with Crippen molar-refractivity contribution in [3.63, 3.8) is 0 Å². The number of rotatable bonds is 5. The highest BCUT2D eigenvalue weighted by molar-refractivity contribution is 6.33. The Morgan fingerprint density at radius 3 is 2.66 bits per heavy atom. The second kappa shape index (κ2) is 8.42. The molecule has 144 valence electrons. The number of nitro groups is 1. The molecule has 0 fully saturated rings. The lowest BCUT2D eigenvalue weighted by Crippen LogP contribution is -2.14. The molecular weight excluding hydrogens is 394 g/mol. The number of nitrogens with zero attached hydrogens (tertiary/aromatic N) is 2. The van der Waals surface area contributed by atoms with Crippen LogP contribution in [0.15, 0.2) is 64.6 Å². The molecule has 1 amide bonds. The number of benzene rings is 2. The van der Waals surface area contributed by atoms with E-state index in [9.17, 15) is 20.2 Å². The topological polar surface area (TPSA) is 109 Å². The second-order valence-electron chi connectivity index (χ2n) is 6.06.